The Morgan fingerprint density at radius 1 is 1.03 bits per heavy atom. The number of benzene rings is 3. The molecular weight excluding hydrogens is 446 g/mol. The molecule has 0 amide bonds. The summed E-state index contributed by atoms with van der Waals surface area (Å²) in [5.74, 6) is -0.394. The molecule has 7 heteroatoms. The first-order valence-corrected chi connectivity index (χ1v) is 12.3. The number of carbonyl (C=O) groups excluding carboxylic acids is 1. The van der Waals surface area contributed by atoms with Crippen molar-refractivity contribution in [2.75, 3.05) is 13.2 Å². The standard InChI is InChI=1S/C25H24ClNO4S/c1-3-31-25(28)24-15-19(18-6-8-21(26)9-7-18)14-20-16-27(13-12-23(20)24)32(29,30)22-10-4-17(2)5-11-22/h4-11,14-15H,3,12-13,16H2,1-2H3. The van der Waals surface area contributed by atoms with E-state index in [9.17, 15) is 13.2 Å². The molecule has 5 nitrogen and oxygen atoms in total. The van der Waals surface area contributed by atoms with E-state index in [4.69, 9.17) is 16.3 Å². The van der Waals surface area contributed by atoms with E-state index in [1.165, 1.54) is 4.31 Å². The van der Waals surface area contributed by atoms with E-state index in [1.54, 1.807) is 43.3 Å². The number of hydrogen-bond acceptors (Lipinski definition) is 4. The number of rotatable bonds is 5. The van der Waals surface area contributed by atoms with Gasteiger partial charge in [0, 0.05) is 18.1 Å². The monoisotopic (exact) mass is 469 g/mol. The molecule has 0 saturated carbocycles. The minimum Gasteiger partial charge on any atom is -0.462 e. The highest BCUT2D eigenvalue weighted by Gasteiger charge is 2.31. The number of sulfonamides is 1. The van der Waals surface area contributed by atoms with E-state index in [1.807, 2.05) is 31.2 Å². The first-order chi connectivity index (χ1) is 15.3. The Balaban J connectivity index is 1.76. The third-order valence-electron chi connectivity index (χ3n) is 5.63. The average molecular weight is 470 g/mol. The second-order valence-corrected chi connectivity index (χ2v) is 10.2. The van der Waals surface area contributed by atoms with Gasteiger partial charge in [0.15, 0.2) is 0 Å². The SMILES string of the molecule is CCOC(=O)c1cc(-c2ccc(Cl)cc2)cc2c1CCN(S(=O)(=O)c1ccc(C)cc1)C2. The van der Waals surface area contributed by atoms with Crippen LogP contribution in [0.15, 0.2) is 65.6 Å². The molecule has 0 saturated heterocycles. The van der Waals surface area contributed by atoms with Gasteiger partial charge in [-0.05, 0) is 78.9 Å². The van der Waals surface area contributed by atoms with Crippen LogP contribution in [0.3, 0.4) is 0 Å². The summed E-state index contributed by atoms with van der Waals surface area (Å²) in [7, 11) is -3.65. The van der Waals surface area contributed by atoms with Gasteiger partial charge in [0.25, 0.3) is 0 Å². The molecule has 166 valence electrons. The van der Waals surface area contributed by atoms with Crippen LogP contribution in [0.1, 0.15) is 34.0 Å². The minimum atomic E-state index is -3.65. The second kappa shape index (κ2) is 9.06. The number of carbonyl (C=O) groups is 1. The molecule has 0 aromatic heterocycles. The van der Waals surface area contributed by atoms with Crippen molar-refractivity contribution in [2.45, 2.75) is 31.7 Å². The Morgan fingerprint density at radius 3 is 2.38 bits per heavy atom. The van der Waals surface area contributed by atoms with Crippen molar-refractivity contribution >= 4 is 27.6 Å². The molecule has 0 spiro atoms. The van der Waals surface area contributed by atoms with Crippen molar-refractivity contribution in [3.63, 3.8) is 0 Å². The van der Waals surface area contributed by atoms with E-state index >= 15 is 0 Å². The van der Waals surface area contributed by atoms with Gasteiger partial charge in [-0.15, -0.1) is 0 Å². The zero-order chi connectivity index (χ0) is 22.9. The van der Waals surface area contributed by atoms with Crippen LogP contribution in [0, 0.1) is 6.92 Å². The highest BCUT2D eigenvalue weighted by molar-refractivity contribution is 7.89. The predicted molar refractivity (Wildman–Crippen MR) is 125 cm³/mol. The van der Waals surface area contributed by atoms with Crippen LogP contribution in [0.4, 0.5) is 0 Å². The Kier molecular flexibility index (Phi) is 6.38. The molecule has 0 radical (unpaired) electrons. The summed E-state index contributed by atoms with van der Waals surface area (Å²) >= 11 is 6.03. The molecule has 4 rings (SSSR count). The molecule has 3 aromatic rings. The third-order valence-corrected chi connectivity index (χ3v) is 7.74. The number of hydrogen-bond donors (Lipinski definition) is 0. The lowest BCUT2D eigenvalue weighted by Gasteiger charge is -2.30. The van der Waals surface area contributed by atoms with Gasteiger partial charge in [-0.1, -0.05) is 41.4 Å². The topological polar surface area (TPSA) is 63.7 Å². The fourth-order valence-corrected chi connectivity index (χ4v) is 5.48. The average Bonchev–Trinajstić information content (AvgIpc) is 2.79. The van der Waals surface area contributed by atoms with E-state index in [2.05, 4.69) is 0 Å². The van der Waals surface area contributed by atoms with Gasteiger partial charge in [0.05, 0.1) is 17.1 Å². The van der Waals surface area contributed by atoms with Crippen LogP contribution in [-0.2, 0) is 27.7 Å². The normalized spacial score (nSPS) is 14.1. The predicted octanol–water partition coefficient (Wildman–Crippen LogP) is 5.24. The van der Waals surface area contributed by atoms with Crippen molar-refractivity contribution in [3.05, 3.63) is 87.9 Å². The zero-order valence-corrected chi connectivity index (χ0v) is 19.5. The fraction of sp³-hybridized carbons (Fsp3) is 0.240. The summed E-state index contributed by atoms with van der Waals surface area (Å²) < 4.78 is 33.2. The lowest BCUT2D eigenvalue weighted by atomic mass is 9.90. The van der Waals surface area contributed by atoms with Crippen molar-refractivity contribution < 1.29 is 17.9 Å². The number of halogens is 1. The number of ether oxygens (including phenoxy) is 1. The van der Waals surface area contributed by atoms with Crippen LogP contribution in [-0.4, -0.2) is 31.8 Å². The smallest absolute Gasteiger partial charge is 0.338 e. The molecule has 1 aliphatic rings. The van der Waals surface area contributed by atoms with E-state index in [0.717, 1.165) is 27.8 Å². The zero-order valence-electron chi connectivity index (χ0n) is 18.0. The molecule has 0 fully saturated rings. The Labute approximate surface area is 193 Å². The summed E-state index contributed by atoms with van der Waals surface area (Å²) in [5, 5.41) is 0.618. The molecule has 1 heterocycles. The van der Waals surface area contributed by atoms with Gasteiger partial charge in [-0.2, -0.15) is 4.31 Å². The van der Waals surface area contributed by atoms with Gasteiger partial charge in [-0.3, -0.25) is 0 Å². The Bertz CT molecular complexity index is 1250. The molecule has 32 heavy (non-hydrogen) atoms. The summed E-state index contributed by atoms with van der Waals surface area (Å²) in [4.78, 5) is 13.0. The first kappa shape index (κ1) is 22.5. The molecule has 0 unspecified atom stereocenters. The molecule has 0 bridgehead atoms. The first-order valence-electron chi connectivity index (χ1n) is 10.5. The maximum atomic E-state index is 13.2. The number of fused-ring (bicyclic) bond motifs is 1. The maximum absolute atomic E-state index is 13.2. The summed E-state index contributed by atoms with van der Waals surface area (Å²) in [6.45, 7) is 4.45. The van der Waals surface area contributed by atoms with Crippen LogP contribution >= 0.6 is 11.6 Å². The van der Waals surface area contributed by atoms with E-state index < -0.39 is 16.0 Å². The molecule has 3 aromatic carbocycles. The minimum absolute atomic E-state index is 0.194. The van der Waals surface area contributed by atoms with Gasteiger partial charge >= 0.3 is 5.97 Å². The van der Waals surface area contributed by atoms with Gasteiger partial charge < -0.3 is 4.74 Å². The molecule has 1 aliphatic heterocycles. The van der Waals surface area contributed by atoms with Crippen molar-refractivity contribution in [2.24, 2.45) is 0 Å². The van der Waals surface area contributed by atoms with Crippen LogP contribution in [0.25, 0.3) is 11.1 Å². The summed E-state index contributed by atoms with van der Waals surface area (Å²) in [6, 6.07) is 18.0. The number of nitrogens with zero attached hydrogens (tertiary/aromatic N) is 1. The quantitative estimate of drug-likeness (QED) is 0.479. The van der Waals surface area contributed by atoms with Crippen molar-refractivity contribution in [1.29, 1.82) is 0 Å². The maximum Gasteiger partial charge on any atom is 0.338 e. The summed E-state index contributed by atoms with van der Waals surface area (Å²) in [5.41, 5.74) is 4.85. The fourth-order valence-electron chi connectivity index (χ4n) is 3.94. The number of aryl methyl sites for hydroxylation is 1. The van der Waals surface area contributed by atoms with Crippen molar-refractivity contribution in [3.8, 4) is 11.1 Å². The molecule has 0 N–H and O–H groups in total. The van der Waals surface area contributed by atoms with Crippen LogP contribution in [0.2, 0.25) is 5.02 Å². The van der Waals surface area contributed by atoms with Gasteiger partial charge in [-0.25, -0.2) is 13.2 Å². The van der Waals surface area contributed by atoms with Crippen LogP contribution in [0.5, 0.6) is 0 Å². The molecular formula is C25H24ClNO4S. The van der Waals surface area contributed by atoms with E-state index in [-0.39, 0.29) is 18.0 Å². The van der Waals surface area contributed by atoms with Crippen molar-refractivity contribution in [1.82, 2.24) is 4.31 Å². The third kappa shape index (κ3) is 4.44. The van der Waals surface area contributed by atoms with Gasteiger partial charge in [0.2, 0.25) is 10.0 Å². The highest BCUT2D eigenvalue weighted by Crippen LogP contribution is 2.32. The van der Waals surface area contributed by atoms with Crippen LogP contribution < -0.4 is 0 Å². The van der Waals surface area contributed by atoms with Gasteiger partial charge in [0.1, 0.15) is 0 Å². The highest BCUT2D eigenvalue weighted by atomic mass is 35.5. The largest absolute Gasteiger partial charge is 0.462 e. The summed E-state index contributed by atoms with van der Waals surface area (Å²) in [6.07, 6.45) is 0.440. The second-order valence-electron chi connectivity index (χ2n) is 7.79. The number of esters is 1. The lowest BCUT2D eigenvalue weighted by Crippen LogP contribution is -2.36. The lowest BCUT2D eigenvalue weighted by molar-refractivity contribution is 0.0524. The molecule has 0 aliphatic carbocycles. The Morgan fingerprint density at radius 2 is 1.72 bits per heavy atom. The van der Waals surface area contributed by atoms with E-state index in [0.29, 0.717) is 23.6 Å². The Hall–Kier alpha value is -2.67. The molecule has 0 atom stereocenters.